The van der Waals surface area contributed by atoms with E-state index in [4.69, 9.17) is 4.74 Å². The van der Waals surface area contributed by atoms with Crippen LogP contribution >= 0.6 is 0 Å². The van der Waals surface area contributed by atoms with Crippen LogP contribution in [0.4, 0.5) is 10.5 Å². The first kappa shape index (κ1) is 12.8. The zero-order valence-corrected chi connectivity index (χ0v) is 11.2. The Morgan fingerprint density at radius 2 is 2.25 bits per heavy atom. The van der Waals surface area contributed by atoms with Crippen molar-refractivity contribution in [3.05, 3.63) is 23.8 Å². The number of benzene rings is 1. The molecule has 20 heavy (non-hydrogen) atoms. The smallest absolute Gasteiger partial charge is 0.411 e. The second-order valence-corrected chi connectivity index (χ2v) is 5.07. The molecule has 1 fully saturated rings. The van der Waals surface area contributed by atoms with Crippen molar-refractivity contribution < 1.29 is 19.4 Å². The Balaban J connectivity index is 2.13. The predicted octanol–water partition coefficient (Wildman–Crippen LogP) is 1.80. The largest absolute Gasteiger partial charge is 0.497 e. The van der Waals surface area contributed by atoms with Crippen LogP contribution < -0.4 is 9.64 Å². The minimum absolute atomic E-state index is 0.0306. The fourth-order valence-corrected chi connectivity index (χ4v) is 2.99. The number of anilines is 1. The van der Waals surface area contributed by atoms with E-state index in [-0.39, 0.29) is 11.9 Å². The number of carbonyl (C=O) groups excluding carboxylic acids is 1. The fraction of sp³-hybridized carbons (Fsp3) is 0.429. The topological polar surface area (TPSA) is 70.1 Å². The van der Waals surface area contributed by atoms with Gasteiger partial charge in [-0.2, -0.15) is 0 Å². The first-order valence-corrected chi connectivity index (χ1v) is 6.61. The molecule has 1 aromatic rings. The summed E-state index contributed by atoms with van der Waals surface area (Å²) in [5.41, 5.74) is 0.842. The summed E-state index contributed by atoms with van der Waals surface area (Å²) in [6.45, 7) is 1.02. The summed E-state index contributed by atoms with van der Waals surface area (Å²) in [4.78, 5) is 27.1. The van der Waals surface area contributed by atoms with Crippen molar-refractivity contribution in [3.63, 3.8) is 0 Å². The van der Waals surface area contributed by atoms with Gasteiger partial charge in [0.2, 0.25) is 0 Å². The Morgan fingerprint density at radius 1 is 1.45 bits per heavy atom. The normalized spacial score (nSPS) is 21.2. The maximum atomic E-state index is 12.6. The van der Waals surface area contributed by atoms with Gasteiger partial charge in [0.25, 0.3) is 5.91 Å². The highest BCUT2D eigenvalue weighted by molar-refractivity contribution is 6.04. The van der Waals surface area contributed by atoms with E-state index in [0.29, 0.717) is 30.1 Å². The number of rotatable bonds is 1. The number of carboxylic acid groups (broad SMARTS) is 1. The summed E-state index contributed by atoms with van der Waals surface area (Å²) in [6.07, 6.45) is 0.738. The van der Waals surface area contributed by atoms with Crippen LogP contribution in [0.1, 0.15) is 23.2 Å². The summed E-state index contributed by atoms with van der Waals surface area (Å²) >= 11 is 0. The molecule has 1 unspecified atom stereocenters. The van der Waals surface area contributed by atoms with E-state index < -0.39 is 6.09 Å². The Kier molecular flexibility index (Phi) is 3.00. The molecule has 1 saturated heterocycles. The number of ether oxygens (including phenoxy) is 1. The molecule has 1 atom stereocenters. The number of fused-ring (bicyclic) bond motifs is 2. The molecule has 1 aromatic carbocycles. The third-order valence-corrected chi connectivity index (χ3v) is 3.99. The van der Waals surface area contributed by atoms with Crippen LogP contribution in [0.3, 0.4) is 0 Å². The minimum Gasteiger partial charge on any atom is -0.497 e. The first-order valence-electron chi connectivity index (χ1n) is 6.61. The maximum Gasteiger partial charge on any atom is 0.411 e. The van der Waals surface area contributed by atoms with Crippen molar-refractivity contribution in [3.8, 4) is 5.75 Å². The van der Waals surface area contributed by atoms with E-state index >= 15 is 0 Å². The Morgan fingerprint density at radius 3 is 2.95 bits per heavy atom. The number of methoxy groups -OCH3 is 1. The summed E-state index contributed by atoms with van der Waals surface area (Å²) in [7, 11) is 1.52. The molecule has 2 heterocycles. The van der Waals surface area contributed by atoms with Gasteiger partial charge < -0.3 is 14.7 Å². The first-order chi connectivity index (χ1) is 9.61. The van der Waals surface area contributed by atoms with Crippen LogP contribution in [0.15, 0.2) is 18.2 Å². The van der Waals surface area contributed by atoms with Crippen LogP contribution in [-0.4, -0.2) is 48.2 Å². The Bertz CT molecular complexity index is 572. The van der Waals surface area contributed by atoms with Gasteiger partial charge in [-0.05, 0) is 31.0 Å². The van der Waals surface area contributed by atoms with Gasteiger partial charge in [-0.1, -0.05) is 0 Å². The van der Waals surface area contributed by atoms with E-state index in [1.807, 2.05) is 0 Å². The fourth-order valence-electron chi connectivity index (χ4n) is 2.99. The van der Waals surface area contributed by atoms with Crippen LogP contribution in [0, 0.1) is 0 Å². The molecule has 2 aliphatic rings. The lowest BCUT2D eigenvalue weighted by Crippen LogP contribution is -2.41. The highest BCUT2D eigenvalue weighted by Crippen LogP contribution is 2.33. The molecule has 0 bridgehead atoms. The number of hydrogen-bond acceptors (Lipinski definition) is 3. The van der Waals surface area contributed by atoms with Gasteiger partial charge in [0.05, 0.1) is 24.4 Å². The molecule has 2 aliphatic heterocycles. The van der Waals surface area contributed by atoms with Gasteiger partial charge in [0, 0.05) is 13.1 Å². The lowest BCUT2D eigenvalue weighted by Gasteiger charge is -2.24. The average Bonchev–Trinajstić information content (AvgIpc) is 2.87. The lowest BCUT2D eigenvalue weighted by atomic mass is 10.1. The molecular weight excluding hydrogens is 260 g/mol. The van der Waals surface area contributed by atoms with E-state index in [2.05, 4.69) is 0 Å². The number of nitrogens with zero attached hydrogens (tertiary/aromatic N) is 2. The summed E-state index contributed by atoms with van der Waals surface area (Å²) < 4.78 is 5.14. The van der Waals surface area contributed by atoms with Gasteiger partial charge in [-0.15, -0.1) is 0 Å². The molecule has 0 aliphatic carbocycles. The molecule has 3 rings (SSSR count). The van der Waals surface area contributed by atoms with Crippen molar-refractivity contribution in [1.82, 2.24) is 4.90 Å². The Hall–Kier alpha value is -2.24. The van der Waals surface area contributed by atoms with Gasteiger partial charge in [-0.3, -0.25) is 9.69 Å². The van der Waals surface area contributed by atoms with Gasteiger partial charge >= 0.3 is 6.09 Å². The van der Waals surface area contributed by atoms with Crippen molar-refractivity contribution in [2.24, 2.45) is 0 Å². The van der Waals surface area contributed by atoms with E-state index in [0.717, 1.165) is 12.8 Å². The van der Waals surface area contributed by atoms with Crippen molar-refractivity contribution in [1.29, 1.82) is 0 Å². The lowest BCUT2D eigenvalue weighted by molar-refractivity contribution is 0.0747. The maximum absolute atomic E-state index is 12.6. The highest BCUT2D eigenvalue weighted by atomic mass is 16.5. The van der Waals surface area contributed by atoms with Crippen LogP contribution in [-0.2, 0) is 0 Å². The quantitative estimate of drug-likeness (QED) is 0.849. The summed E-state index contributed by atoms with van der Waals surface area (Å²) in [5.74, 6) is 0.449. The van der Waals surface area contributed by atoms with Crippen molar-refractivity contribution in [2.75, 3.05) is 25.1 Å². The molecular formula is C14H16N2O4. The third-order valence-electron chi connectivity index (χ3n) is 3.99. The molecule has 0 saturated carbocycles. The SMILES string of the molecule is COc1ccc2c(c1)C(=O)N1CCCC1CN2C(=O)O. The minimum atomic E-state index is -1.03. The second-order valence-electron chi connectivity index (χ2n) is 5.07. The molecule has 6 heteroatoms. The third kappa shape index (κ3) is 1.88. The molecule has 0 spiro atoms. The predicted molar refractivity (Wildman–Crippen MR) is 72.4 cm³/mol. The molecule has 6 nitrogen and oxygen atoms in total. The molecule has 0 radical (unpaired) electrons. The van der Waals surface area contributed by atoms with Gasteiger partial charge in [-0.25, -0.2) is 4.79 Å². The number of carbonyl (C=O) groups is 2. The van der Waals surface area contributed by atoms with Crippen LogP contribution in [0.25, 0.3) is 0 Å². The monoisotopic (exact) mass is 276 g/mol. The van der Waals surface area contributed by atoms with Crippen LogP contribution in [0.2, 0.25) is 0 Å². The van der Waals surface area contributed by atoms with E-state index in [1.165, 1.54) is 12.0 Å². The number of amides is 2. The van der Waals surface area contributed by atoms with Crippen molar-refractivity contribution >= 4 is 17.7 Å². The van der Waals surface area contributed by atoms with E-state index in [1.54, 1.807) is 23.1 Å². The van der Waals surface area contributed by atoms with Crippen LogP contribution in [0.5, 0.6) is 5.75 Å². The number of hydrogen-bond donors (Lipinski definition) is 1. The molecule has 1 N–H and O–H groups in total. The zero-order valence-electron chi connectivity index (χ0n) is 11.2. The van der Waals surface area contributed by atoms with Crippen molar-refractivity contribution in [2.45, 2.75) is 18.9 Å². The van der Waals surface area contributed by atoms with E-state index in [9.17, 15) is 14.7 Å². The summed E-state index contributed by atoms with van der Waals surface area (Å²) in [5, 5.41) is 9.41. The zero-order chi connectivity index (χ0) is 14.3. The Labute approximate surface area is 116 Å². The molecule has 0 aromatic heterocycles. The summed E-state index contributed by atoms with van der Waals surface area (Å²) in [6, 6.07) is 4.91. The molecule has 2 amide bonds. The van der Waals surface area contributed by atoms with Gasteiger partial charge in [0.15, 0.2) is 0 Å². The molecule has 106 valence electrons. The average molecular weight is 276 g/mol. The second kappa shape index (κ2) is 4.70. The highest BCUT2D eigenvalue weighted by Gasteiger charge is 2.38. The van der Waals surface area contributed by atoms with Gasteiger partial charge in [0.1, 0.15) is 5.75 Å². The standard InChI is InChI=1S/C14H16N2O4/c1-20-10-4-5-12-11(7-10)13(17)15-6-2-3-9(15)8-16(12)14(18)19/h4-5,7,9H,2-3,6,8H2,1H3,(H,18,19).